The molecule has 3 aromatic rings. The average molecular weight is 538 g/mol. The molecule has 1 aliphatic heterocycles. The lowest BCUT2D eigenvalue weighted by atomic mass is 9.67. The molecule has 6 nitrogen and oxygen atoms in total. The van der Waals surface area contributed by atoms with Gasteiger partial charge in [0.15, 0.2) is 0 Å². The number of hydrogen-bond donors (Lipinski definition) is 1. The Morgan fingerprint density at radius 2 is 1.95 bits per heavy atom. The van der Waals surface area contributed by atoms with Gasteiger partial charge in [-0.2, -0.15) is 13.2 Å². The van der Waals surface area contributed by atoms with Gasteiger partial charge in [-0.1, -0.05) is 19.1 Å². The second kappa shape index (κ2) is 9.47. The van der Waals surface area contributed by atoms with Crippen molar-refractivity contribution in [3.8, 4) is 0 Å². The van der Waals surface area contributed by atoms with Crippen molar-refractivity contribution in [2.45, 2.75) is 76.7 Å². The van der Waals surface area contributed by atoms with E-state index in [1.807, 2.05) is 29.8 Å². The Hall–Kier alpha value is -3.20. The van der Waals surface area contributed by atoms with Crippen LogP contribution in [0.1, 0.15) is 90.3 Å². The number of amides is 1. The molecule has 1 aromatic heterocycles. The average Bonchev–Trinajstić information content (AvgIpc) is 3.43. The highest BCUT2D eigenvalue weighted by atomic mass is 19.4. The van der Waals surface area contributed by atoms with Crippen LogP contribution in [0.25, 0.3) is 0 Å². The summed E-state index contributed by atoms with van der Waals surface area (Å²) in [6, 6.07) is 10.5. The zero-order chi connectivity index (χ0) is 27.5. The molecule has 1 atom stereocenters. The summed E-state index contributed by atoms with van der Waals surface area (Å²) in [4.78, 5) is 15.1. The van der Waals surface area contributed by atoms with E-state index in [-0.39, 0.29) is 29.1 Å². The molecular weight excluding hydrogens is 503 g/mol. The molecule has 0 radical (unpaired) electrons. The molecule has 2 saturated carbocycles. The molecule has 1 N–H and O–H groups in total. The van der Waals surface area contributed by atoms with Gasteiger partial charge < -0.3 is 14.8 Å². The number of aromatic nitrogens is 3. The molecule has 9 heteroatoms. The van der Waals surface area contributed by atoms with Crippen molar-refractivity contribution in [1.82, 2.24) is 20.1 Å². The van der Waals surface area contributed by atoms with E-state index in [0.29, 0.717) is 29.6 Å². The third kappa shape index (κ3) is 4.75. The van der Waals surface area contributed by atoms with Gasteiger partial charge in [-0.15, -0.1) is 10.2 Å². The van der Waals surface area contributed by atoms with E-state index in [4.69, 9.17) is 0 Å². The first-order chi connectivity index (χ1) is 18.5. The van der Waals surface area contributed by atoms with Crippen molar-refractivity contribution >= 4 is 11.6 Å². The number of anilines is 1. The zero-order valence-corrected chi connectivity index (χ0v) is 22.6. The normalized spacial score (nSPS) is 22.8. The Labute approximate surface area is 226 Å². The summed E-state index contributed by atoms with van der Waals surface area (Å²) in [5.74, 6) is 1.51. The lowest BCUT2D eigenvalue weighted by Crippen LogP contribution is -2.47. The zero-order valence-electron chi connectivity index (χ0n) is 22.6. The predicted octanol–water partition coefficient (Wildman–Crippen LogP) is 6.20. The van der Waals surface area contributed by atoms with Crippen LogP contribution in [0.15, 0.2) is 42.7 Å². The smallest absolute Gasteiger partial charge is 0.320 e. The molecule has 0 bridgehead atoms. The summed E-state index contributed by atoms with van der Waals surface area (Å²) in [5.41, 5.74) is 1.51. The Morgan fingerprint density at radius 3 is 2.56 bits per heavy atom. The lowest BCUT2D eigenvalue weighted by molar-refractivity contribution is -0.138. The number of nitrogens with zero attached hydrogens (tertiary/aromatic N) is 4. The summed E-state index contributed by atoms with van der Waals surface area (Å²) in [6.45, 7) is 4.52. The first-order valence-corrected chi connectivity index (χ1v) is 13.8. The number of rotatable bonds is 7. The molecule has 2 aliphatic carbocycles. The topological polar surface area (TPSA) is 63.1 Å². The van der Waals surface area contributed by atoms with Gasteiger partial charge in [0.05, 0.1) is 12.1 Å². The van der Waals surface area contributed by atoms with Crippen molar-refractivity contribution in [2.24, 2.45) is 18.9 Å². The Kier molecular flexibility index (Phi) is 6.32. The Morgan fingerprint density at radius 1 is 1.18 bits per heavy atom. The van der Waals surface area contributed by atoms with E-state index in [9.17, 15) is 18.0 Å². The summed E-state index contributed by atoms with van der Waals surface area (Å²) in [5, 5.41) is 11.9. The number of alkyl halides is 3. The van der Waals surface area contributed by atoms with E-state index in [0.717, 1.165) is 43.5 Å². The van der Waals surface area contributed by atoms with Crippen molar-refractivity contribution in [2.75, 3.05) is 4.90 Å². The van der Waals surface area contributed by atoms with Crippen molar-refractivity contribution < 1.29 is 18.0 Å². The molecule has 39 heavy (non-hydrogen) atoms. The molecule has 1 amide bonds. The molecule has 206 valence electrons. The van der Waals surface area contributed by atoms with Crippen LogP contribution in [-0.2, 0) is 26.3 Å². The van der Waals surface area contributed by atoms with E-state index < -0.39 is 17.6 Å². The van der Waals surface area contributed by atoms with Crippen molar-refractivity contribution in [1.29, 1.82) is 0 Å². The van der Waals surface area contributed by atoms with Crippen LogP contribution in [0, 0.1) is 11.8 Å². The van der Waals surface area contributed by atoms with E-state index >= 15 is 0 Å². The highest BCUT2D eigenvalue weighted by molar-refractivity contribution is 6.10. The molecule has 2 aromatic carbocycles. The van der Waals surface area contributed by atoms with Gasteiger partial charge in [0.25, 0.3) is 5.91 Å². The van der Waals surface area contributed by atoms with E-state index in [2.05, 4.69) is 29.4 Å². The maximum absolute atomic E-state index is 14.2. The van der Waals surface area contributed by atoms with Gasteiger partial charge in [0.2, 0.25) is 0 Å². The van der Waals surface area contributed by atoms with Crippen LogP contribution < -0.4 is 10.2 Å². The highest BCUT2D eigenvalue weighted by Gasteiger charge is 2.42. The molecule has 3 aliphatic rings. The highest BCUT2D eigenvalue weighted by Crippen LogP contribution is 2.47. The third-order valence-corrected chi connectivity index (χ3v) is 9.03. The summed E-state index contributed by atoms with van der Waals surface area (Å²) >= 11 is 0. The van der Waals surface area contributed by atoms with Crippen LogP contribution >= 0.6 is 0 Å². The number of fused-ring (bicyclic) bond motifs is 1. The molecular formula is C30H34F3N5O. The standard InChI is InChI=1S/C30H34F3N5O/c1-18-10-21(11-18)26(27-36-35-17-37(27)3)20-6-4-7-22(14-20)38-16-24-23(28(38)39)12-19(13-25(24)30(31,32)33)15-34-29(2)8-5-9-29/h4,6-7,12-14,17-18,21,26,34H,5,8-11,15-16H2,1-3H3/t18-,21+,26-/m0/s1. The first kappa shape index (κ1) is 26.0. The number of carbonyl (C=O) groups is 1. The maximum atomic E-state index is 14.2. The van der Waals surface area contributed by atoms with Crippen LogP contribution in [-0.4, -0.2) is 26.2 Å². The minimum atomic E-state index is -4.55. The van der Waals surface area contributed by atoms with Crippen LogP contribution in [0.2, 0.25) is 0 Å². The molecule has 2 fully saturated rings. The second-order valence-corrected chi connectivity index (χ2v) is 12.0. The minimum Gasteiger partial charge on any atom is -0.320 e. The fourth-order valence-corrected chi connectivity index (χ4v) is 6.56. The monoisotopic (exact) mass is 537 g/mol. The summed E-state index contributed by atoms with van der Waals surface area (Å²) in [7, 11) is 1.92. The van der Waals surface area contributed by atoms with Gasteiger partial charge in [-0.25, -0.2) is 0 Å². The van der Waals surface area contributed by atoms with Crippen molar-refractivity contribution in [3.63, 3.8) is 0 Å². The molecule has 6 rings (SSSR count). The molecule has 0 unspecified atom stereocenters. The number of benzene rings is 2. The molecule has 0 saturated heterocycles. The molecule has 0 spiro atoms. The van der Waals surface area contributed by atoms with Gasteiger partial charge in [0, 0.05) is 36.3 Å². The van der Waals surface area contributed by atoms with Crippen molar-refractivity contribution in [3.05, 3.63) is 76.4 Å². The number of nitrogens with one attached hydrogen (secondary N) is 1. The molecule has 2 heterocycles. The summed E-state index contributed by atoms with van der Waals surface area (Å²) < 4.78 is 44.5. The van der Waals surface area contributed by atoms with Gasteiger partial charge in [-0.3, -0.25) is 4.79 Å². The third-order valence-electron chi connectivity index (χ3n) is 9.03. The predicted molar refractivity (Wildman–Crippen MR) is 142 cm³/mol. The minimum absolute atomic E-state index is 0.00464. The Bertz CT molecular complexity index is 1400. The van der Waals surface area contributed by atoms with E-state index in [1.54, 1.807) is 18.5 Å². The number of hydrogen-bond acceptors (Lipinski definition) is 4. The van der Waals surface area contributed by atoms with Crippen LogP contribution in [0.5, 0.6) is 0 Å². The van der Waals surface area contributed by atoms with Gasteiger partial charge >= 0.3 is 6.18 Å². The fraction of sp³-hybridized carbons (Fsp3) is 0.500. The first-order valence-electron chi connectivity index (χ1n) is 13.8. The quantitative estimate of drug-likeness (QED) is 0.390. The van der Waals surface area contributed by atoms with Crippen LogP contribution in [0.3, 0.4) is 0 Å². The number of aryl methyl sites for hydroxylation is 1. The fourth-order valence-electron chi connectivity index (χ4n) is 6.56. The van der Waals surface area contributed by atoms with E-state index in [1.165, 1.54) is 11.0 Å². The van der Waals surface area contributed by atoms with Gasteiger partial charge in [0.1, 0.15) is 12.2 Å². The van der Waals surface area contributed by atoms with Crippen LogP contribution in [0.4, 0.5) is 18.9 Å². The summed E-state index contributed by atoms with van der Waals surface area (Å²) in [6.07, 6.45) is 2.40. The maximum Gasteiger partial charge on any atom is 0.416 e. The number of carbonyl (C=O) groups excluding carboxylic acids is 1. The largest absolute Gasteiger partial charge is 0.416 e. The SMILES string of the molecule is Cn1cnnc1[C@@H](c1cccc(N2Cc3c(cc(CNC4(C)CCC4)cc3C(F)(F)F)C2=O)c1)[C@H]1C[C@@H](C)C1. The number of halogens is 3. The Balaban J connectivity index is 1.33. The second-order valence-electron chi connectivity index (χ2n) is 12.0. The van der Waals surface area contributed by atoms with Gasteiger partial charge in [-0.05, 0) is 91.8 Å². The lowest BCUT2D eigenvalue weighted by Gasteiger charge is -2.39.